The van der Waals surface area contributed by atoms with Gasteiger partial charge in [0.25, 0.3) is 5.91 Å². The van der Waals surface area contributed by atoms with Crippen LogP contribution in [0.15, 0.2) is 29.8 Å². The number of rotatable bonds is 3. The summed E-state index contributed by atoms with van der Waals surface area (Å²) in [5.74, 6) is -1.30. The summed E-state index contributed by atoms with van der Waals surface area (Å²) in [6.07, 6.45) is -3.60. The van der Waals surface area contributed by atoms with Crippen LogP contribution in [0.2, 0.25) is 0 Å². The van der Waals surface area contributed by atoms with Gasteiger partial charge in [-0.2, -0.15) is 5.26 Å². The predicted octanol–water partition coefficient (Wildman–Crippen LogP) is 1.98. The molecule has 0 spiro atoms. The summed E-state index contributed by atoms with van der Waals surface area (Å²) in [7, 11) is 0. The number of carbonyl (C=O) groups excluding carboxylic acids is 1. The molecular weight excluding hydrogens is 249 g/mol. The van der Waals surface area contributed by atoms with Gasteiger partial charge in [0.15, 0.2) is 0 Å². The number of carbonyl (C=O) groups is 1. The van der Waals surface area contributed by atoms with Crippen LogP contribution in [0.4, 0.5) is 13.2 Å². The zero-order valence-electron chi connectivity index (χ0n) is 8.86. The van der Waals surface area contributed by atoms with E-state index in [1.807, 2.05) is 0 Å². The lowest BCUT2D eigenvalue weighted by Gasteiger charge is -2.08. The van der Waals surface area contributed by atoms with Gasteiger partial charge in [-0.25, -0.2) is 0 Å². The number of alkyl halides is 3. The van der Waals surface area contributed by atoms with Gasteiger partial charge < -0.3 is 10.5 Å². The predicted molar refractivity (Wildman–Crippen MR) is 55.9 cm³/mol. The third-order valence-corrected chi connectivity index (χ3v) is 1.81. The van der Waals surface area contributed by atoms with Gasteiger partial charge in [0.1, 0.15) is 17.4 Å². The minimum atomic E-state index is -4.76. The summed E-state index contributed by atoms with van der Waals surface area (Å²) in [6, 6.07) is 6.24. The number of nitriles is 1. The molecule has 0 aliphatic rings. The lowest BCUT2D eigenvalue weighted by Crippen LogP contribution is -2.17. The number of nitrogens with two attached hydrogens (primary N) is 1. The van der Waals surface area contributed by atoms with Crippen LogP contribution in [0.1, 0.15) is 5.56 Å². The normalized spacial score (nSPS) is 11.8. The van der Waals surface area contributed by atoms with E-state index in [0.29, 0.717) is 5.56 Å². The summed E-state index contributed by atoms with van der Waals surface area (Å²) < 4.78 is 39.3. The van der Waals surface area contributed by atoms with E-state index in [9.17, 15) is 18.0 Å². The first-order valence-electron chi connectivity index (χ1n) is 4.59. The van der Waals surface area contributed by atoms with Crippen molar-refractivity contribution in [3.8, 4) is 11.8 Å². The van der Waals surface area contributed by atoms with E-state index in [-0.39, 0.29) is 5.57 Å². The third kappa shape index (κ3) is 4.17. The molecule has 1 aromatic carbocycles. The average molecular weight is 256 g/mol. The lowest BCUT2D eigenvalue weighted by molar-refractivity contribution is -0.274. The minimum Gasteiger partial charge on any atom is -0.406 e. The largest absolute Gasteiger partial charge is 0.573 e. The molecule has 1 rings (SSSR count). The Morgan fingerprint density at radius 2 is 1.89 bits per heavy atom. The van der Waals surface area contributed by atoms with E-state index in [2.05, 4.69) is 4.74 Å². The molecule has 2 N–H and O–H groups in total. The highest BCUT2D eigenvalue weighted by Gasteiger charge is 2.30. The van der Waals surface area contributed by atoms with Crippen molar-refractivity contribution in [2.24, 2.45) is 5.73 Å². The number of hydrogen-bond acceptors (Lipinski definition) is 3. The maximum absolute atomic E-state index is 11.9. The maximum Gasteiger partial charge on any atom is 0.573 e. The van der Waals surface area contributed by atoms with Crippen LogP contribution < -0.4 is 10.5 Å². The first kappa shape index (κ1) is 13.6. The number of hydrogen-bond donors (Lipinski definition) is 1. The van der Waals surface area contributed by atoms with Crippen molar-refractivity contribution in [2.75, 3.05) is 0 Å². The first-order chi connectivity index (χ1) is 8.31. The fourth-order valence-electron chi connectivity index (χ4n) is 1.09. The zero-order chi connectivity index (χ0) is 13.8. The molecule has 0 aliphatic heterocycles. The number of benzene rings is 1. The zero-order valence-corrected chi connectivity index (χ0v) is 8.86. The van der Waals surface area contributed by atoms with E-state index in [1.165, 1.54) is 18.2 Å². The second-order valence-corrected chi connectivity index (χ2v) is 3.15. The standard InChI is InChI=1S/C11H7F3N2O2/c12-11(13,14)18-9-3-1-7(2-4-9)5-8(6-15)10(16)17/h1-5H,(H2,16,17)/b8-5+. The molecule has 0 atom stereocenters. The van der Waals surface area contributed by atoms with E-state index >= 15 is 0 Å². The smallest absolute Gasteiger partial charge is 0.406 e. The van der Waals surface area contributed by atoms with Gasteiger partial charge in [-0.1, -0.05) is 12.1 Å². The summed E-state index contributed by atoms with van der Waals surface area (Å²) >= 11 is 0. The minimum absolute atomic E-state index is 0.292. The molecule has 0 unspecified atom stereocenters. The van der Waals surface area contributed by atoms with Gasteiger partial charge in [-0.15, -0.1) is 13.2 Å². The van der Waals surface area contributed by atoms with Crippen LogP contribution in [-0.4, -0.2) is 12.3 Å². The molecular formula is C11H7F3N2O2. The first-order valence-corrected chi connectivity index (χ1v) is 4.59. The molecule has 1 amide bonds. The van der Waals surface area contributed by atoms with Crippen molar-refractivity contribution >= 4 is 12.0 Å². The molecule has 18 heavy (non-hydrogen) atoms. The second-order valence-electron chi connectivity index (χ2n) is 3.15. The van der Waals surface area contributed by atoms with Crippen molar-refractivity contribution in [3.63, 3.8) is 0 Å². The van der Waals surface area contributed by atoms with Gasteiger partial charge in [-0.05, 0) is 23.8 Å². The fraction of sp³-hybridized carbons (Fsp3) is 0.0909. The van der Waals surface area contributed by atoms with Gasteiger partial charge >= 0.3 is 6.36 Å². The highest BCUT2D eigenvalue weighted by molar-refractivity contribution is 6.00. The van der Waals surface area contributed by atoms with E-state index in [4.69, 9.17) is 11.0 Å². The van der Waals surface area contributed by atoms with Crippen molar-refractivity contribution in [2.45, 2.75) is 6.36 Å². The van der Waals surface area contributed by atoms with E-state index in [1.54, 1.807) is 6.07 Å². The molecule has 0 bridgehead atoms. The van der Waals surface area contributed by atoms with Crippen molar-refractivity contribution in [1.82, 2.24) is 0 Å². The molecule has 7 heteroatoms. The lowest BCUT2D eigenvalue weighted by atomic mass is 10.1. The molecule has 0 aliphatic carbocycles. The third-order valence-electron chi connectivity index (χ3n) is 1.81. The maximum atomic E-state index is 11.9. The van der Waals surface area contributed by atoms with Crippen LogP contribution in [0.3, 0.4) is 0 Å². The Bertz CT molecular complexity index is 513. The number of halogens is 3. The topological polar surface area (TPSA) is 76.1 Å². The van der Waals surface area contributed by atoms with E-state index < -0.39 is 18.0 Å². The quantitative estimate of drug-likeness (QED) is 0.663. The number of primary amides is 1. The average Bonchev–Trinajstić information content (AvgIpc) is 2.25. The van der Waals surface area contributed by atoms with Crippen LogP contribution in [0, 0.1) is 11.3 Å². The monoisotopic (exact) mass is 256 g/mol. The molecule has 0 fully saturated rings. The highest BCUT2D eigenvalue weighted by atomic mass is 19.4. The molecule has 0 aromatic heterocycles. The molecule has 0 radical (unpaired) electrons. The molecule has 0 saturated heterocycles. The summed E-state index contributed by atoms with van der Waals surface area (Å²) in [5, 5.41) is 8.57. The second kappa shape index (κ2) is 5.23. The van der Waals surface area contributed by atoms with Crippen LogP contribution in [0.5, 0.6) is 5.75 Å². The molecule has 0 saturated carbocycles. The van der Waals surface area contributed by atoms with Crippen molar-refractivity contribution < 1.29 is 22.7 Å². The number of nitrogens with zero attached hydrogens (tertiary/aromatic N) is 1. The molecule has 1 aromatic rings. The van der Waals surface area contributed by atoms with Crippen molar-refractivity contribution in [1.29, 1.82) is 5.26 Å². The Labute approximate surface area is 100 Å². The Morgan fingerprint density at radius 1 is 1.33 bits per heavy atom. The summed E-state index contributed by atoms with van der Waals surface area (Å²) in [5.41, 5.74) is 4.97. The van der Waals surface area contributed by atoms with Crippen LogP contribution in [-0.2, 0) is 4.79 Å². The summed E-state index contributed by atoms with van der Waals surface area (Å²) in [4.78, 5) is 10.7. The highest BCUT2D eigenvalue weighted by Crippen LogP contribution is 2.23. The van der Waals surface area contributed by atoms with Gasteiger partial charge in [0, 0.05) is 0 Å². The Balaban J connectivity index is 2.91. The molecule has 4 nitrogen and oxygen atoms in total. The molecule has 94 valence electrons. The van der Waals surface area contributed by atoms with Crippen LogP contribution >= 0.6 is 0 Å². The van der Waals surface area contributed by atoms with Crippen molar-refractivity contribution in [3.05, 3.63) is 35.4 Å². The Morgan fingerprint density at radius 3 is 2.28 bits per heavy atom. The Hall–Kier alpha value is -2.49. The Kier molecular flexibility index (Phi) is 3.94. The number of amides is 1. The van der Waals surface area contributed by atoms with E-state index in [0.717, 1.165) is 12.1 Å². The number of ether oxygens (including phenoxy) is 1. The SMILES string of the molecule is N#C/C(=C\c1ccc(OC(F)(F)F)cc1)C(N)=O. The summed E-state index contributed by atoms with van der Waals surface area (Å²) in [6.45, 7) is 0. The fourth-order valence-corrected chi connectivity index (χ4v) is 1.09. The molecule has 0 heterocycles. The van der Waals surface area contributed by atoms with Gasteiger partial charge in [0.2, 0.25) is 0 Å². The van der Waals surface area contributed by atoms with Crippen LogP contribution in [0.25, 0.3) is 6.08 Å². The van der Waals surface area contributed by atoms with Gasteiger partial charge in [0.05, 0.1) is 0 Å². The van der Waals surface area contributed by atoms with Gasteiger partial charge in [-0.3, -0.25) is 4.79 Å².